The maximum Gasteiger partial charge on any atom is 0.341 e. The van der Waals surface area contributed by atoms with Gasteiger partial charge in [0.2, 0.25) is 5.43 Å². The third kappa shape index (κ3) is 4.11. The van der Waals surface area contributed by atoms with Gasteiger partial charge in [-0.05, 0) is 45.7 Å². The molecule has 166 valence electrons. The second-order valence-electron chi connectivity index (χ2n) is 9.23. The molecule has 31 heavy (non-hydrogen) atoms. The number of nitrogens with two attached hydrogens (primary N) is 2. The standard InChI is InChI=1S/C22H29N5O4/c1-22(2,3)31-25-17-11-26(9-12(17)8-23)14-6-16(24)19-18(7-14)27(13-4-5-13)10-15(20(19)28)21(29)30/h6-7,10-13,25H,4-5,8-9,23-24H2,1-3H3,(H,29,30). The number of pyridine rings is 1. The molecular formula is C22H29N5O4. The Morgan fingerprint density at radius 1 is 1.32 bits per heavy atom. The van der Waals surface area contributed by atoms with Gasteiger partial charge in [-0.3, -0.25) is 15.1 Å². The summed E-state index contributed by atoms with van der Waals surface area (Å²) in [5, 5.41) is 9.72. The third-order valence-electron chi connectivity index (χ3n) is 5.56. The number of carboxylic acid groups (broad SMARTS) is 1. The lowest BCUT2D eigenvalue weighted by atomic mass is 10.1. The van der Waals surface area contributed by atoms with Crippen molar-refractivity contribution in [2.75, 3.05) is 23.7 Å². The number of nitrogen functional groups attached to an aromatic ring is 1. The predicted octanol–water partition coefficient (Wildman–Crippen LogP) is 2.17. The Balaban J connectivity index is 1.78. The summed E-state index contributed by atoms with van der Waals surface area (Å²) in [7, 11) is 0. The third-order valence-corrected chi connectivity index (χ3v) is 5.56. The molecule has 0 saturated heterocycles. The lowest BCUT2D eigenvalue weighted by molar-refractivity contribution is -0.0607. The molecule has 9 heteroatoms. The van der Waals surface area contributed by atoms with Crippen LogP contribution in [0.2, 0.25) is 0 Å². The molecular weight excluding hydrogens is 398 g/mol. The van der Waals surface area contributed by atoms with E-state index in [1.54, 1.807) is 6.07 Å². The van der Waals surface area contributed by atoms with Crippen LogP contribution in [0.5, 0.6) is 0 Å². The zero-order chi connectivity index (χ0) is 22.5. The minimum atomic E-state index is -1.24. The van der Waals surface area contributed by atoms with Crippen LogP contribution in [0, 0.1) is 5.92 Å². The summed E-state index contributed by atoms with van der Waals surface area (Å²) in [6.45, 7) is 6.95. The summed E-state index contributed by atoms with van der Waals surface area (Å²) < 4.78 is 1.88. The Bertz CT molecular complexity index is 1130. The maximum absolute atomic E-state index is 12.8. The van der Waals surface area contributed by atoms with Gasteiger partial charge in [-0.2, -0.15) is 0 Å². The number of rotatable bonds is 6. The molecule has 0 spiro atoms. The van der Waals surface area contributed by atoms with Crippen molar-refractivity contribution in [1.82, 2.24) is 10.0 Å². The van der Waals surface area contributed by atoms with E-state index in [1.165, 1.54) is 6.20 Å². The molecule has 1 atom stereocenters. The highest BCUT2D eigenvalue weighted by Crippen LogP contribution is 2.39. The van der Waals surface area contributed by atoms with E-state index in [0.717, 1.165) is 24.2 Å². The largest absolute Gasteiger partial charge is 0.477 e. The van der Waals surface area contributed by atoms with Gasteiger partial charge in [-0.1, -0.05) is 0 Å². The quantitative estimate of drug-likeness (QED) is 0.407. The van der Waals surface area contributed by atoms with Crippen LogP contribution >= 0.6 is 0 Å². The molecule has 2 aliphatic rings. The molecule has 1 saturated carbocycles. The average molecular weight is 428 g/mol. The number of aromatic nitrogens is 1. The number of carbonyl (C=O) groups is 1. The van der Waals surface area contributed by atoms with Gasteiger partial charge in [0.15, 0.2) is 0 Å². The molecule has 0 radical (unpaired) electrons. The smallest absolute Gasteiger partial charge is 0.341 e. The van der Waals surface area contributed by atoms with Gasteiger partial charge in [0.1, 0.15) is 5.56 Å². The number of hydroxylamine groups is 1. The molecule has 1 aromatic heterocycles. The van der Waals surface area contributed by atoms with E-state index in [4.69, 9.17) is 16.3 Å². The zero-order valence-corrected chi connectivity index (χ0v) is 18.0. The second kappa shape index (κ2) is 7.58. The number of hydrogen-bond acceptors (Lipinski definition) is 7. The SMILES string of the molecule is CC(C)(C)ONC1=CN(c2cc(N)c3c(=O)c(C(=O)O)cn(C4CC4)c3c2)CC1CN. The Labute approximate surface area is 180 Å². The van der Waals surface area contributed by atoms with Crippen LogP contribution in [0.15, 0.2) is 35.0 Å². The molecule has 2 aromatic rings. The number of aromatic carboxylic acids is 1. The van der Waals surface area contributed by atoms with Gasteiger partial charge < -0.3 is 26.0 Å². The van der Waals surface area contributed by atoms with Crippen molar-refractivity contribution in [2.24, 2.45) is 11.7 Å². The number of fused-ring (bicyclic) bond motifs is 1. The van der Waals surface area contributed by atoms with Gasteiger partial charge in [-0.15, -0.1) is 0 Å². The molecule has 1 aliphatic carbocycles. The van der Waals surface area contributed by atoms with E-state index in [9.17, 15) is 14.7 Å². The minimum absolute atomic E-state index is 0.0549. The Morgan fingerprint density at radius 2 is 2.03 bits per heavy atom. The second-order valence-corrected chi connectivity index (χ2v) is 9.23. The predicted molar refractivity (Wildman–Crippen MR) is 120 cm³/mol. The van der Waals surface area contributed by atoms with Crippen molar-refractivity contribution < 1.29 is 14.7 Å². The summed E-state index contributed by atoms with van der Waals surface area (Å²) in [6.07, 6.45) is 5.27. The molecule has 4 rings (SSSR count). The monoisotopic (exact) mass is 427 g/mol. The van der Waals surface area contributed by atoms with Crippen molar-refractivity contribution in [3.8, 4) is 0 Å². The van der Waals surface area contributed by atoms with Crippen LogP contribution in [-0.4, -0.2) is 34.3 Å². The fraction of sp³-hybridized carbons (Fsp3) is 0.455. The summed E-state index contributed by atoms with van der Waals surface area (Å²) in [5.74, 6) is -1.19. The van der Waals surface area contributed by atoms with Crippen molar-refractivity contribution in [2.45, 2.75) is 45.3 Å². The van der Waals surface area contributed by atoms with E-state index in [-0.39, 0.29) is 34.2 Å². The van der Waals surface area contributed by atoms with Crippen molar-refractivity contribution in [1.29, 1.82) is 0 Å². The first kappa shape index (κ1) is 21.2. The average Bonchev–Trinajstić information content (AvgIpc) is 3.44. The van der Waals surface area contributed by atoms with Crippen molar-refractivity contribution >= 4 is 28.2 Å². The molecule has 1 unspecified atom stereocenters. The van der Waals surface area contributed by atoms with E-state index < -0.39 is 11.4 Å². The fourth-order valence-corrected chi connectivity index (χ4v) is 3.82. The molecule has 0 amide bonds. The summed E-state index contributed by atoms with van der Waals surface area (Å²) in [6, 6.07) is 3.79. The highest BCUT2D eigenvalue weighted by Gasteiger charge is 2.30. The Morgan fingerprint density at radius 3 is 2.61 bits per heavy atom. The van der Waals surface area contributed by atoms with Gasteiger partial charge in [0.25, 0.3) is 0 Å². The normalized spacial score (nSPS) is 19.0. The molecule has 1 aromatic carbocycles. The van der Waals surface area contributed by atoms with E-state index >= 15 is 0 Å². The maximum atomic E-state index is 12.8. The van der Waals surface area contributed by atoms with E-state index in [0.29, 0.717) is 18.6 Å². The van der Waals surface area contributed by atoms with Gasteiger partial charge >= 0.3 is 5.97 Å². The molecule has 0 bridgehead atoms. The van der Waals surface area contributed by atoms with Gasteiger partial charge in [-0.25, -0.2) is 4.79 Å². The van der Waals surface area contributed by atoms with Gasteiger partial charge in [0.05, 0.1) is 22.2 Å². The van der Waals surface area contributed by atoms with E-state index in [1.807, 2.05) is 42.5 Å². The van der Waals surface area contributed by atoms with Crippen LogP contribution < -0.4 is 27.3 Å². The summed E-state index contributed by atoms with van der Waals surface area (Å²) >= 11 is 0. The lowest BCUT2D eigenvalue weighted by Gasteiger charge is -2.22. The number of nitrogens with zero attached hydrogens (tertiary/aromatic N) is 2. The number of carboxylic acids is 1. The highest BCUT2D eigenvalue weighted by molar-refractivity contribution is 5.99. The zero-order valence-electron chi connectivity index (χ0n) is 18.0. The number of benzene rings is 1. The van der Waals surface area contributed by atoms with E-state index in [2.05, 4.69) is 5.48 Å². The fourth-order valence-electron chi connectivity index (χ4n) is 3.82. The topological polar surface area (TPSA) is 136 Å². The summed E-state index contributed by atoms with van der Waals surface area (Å²) in [4.78, 5) is 32.1. The Kier molecular flexibility index (Phi) is 5.18. The number of anilines is 2. The van der Waals surface area contributed by atoms with Crippen LogP contribution in [-0.2, 0) is 4.84 Å². The summed E-state index contributed by atoms with van der Waals surface area (Å²) in [5.41, 5.74) is 16.7. The molecule has 6 N–H and O–H groups in total. The first-order valence-corrected chi connectivity index (χ1v) is 10.4. The van der Waals surface area contributed by atoms with Crippen molar-refractivity contribution in [3.63, 3.8) is 0 Å². The van der Waals surface area contributed by atoms with Crippen LogP contribution in [0.1, 0.15) is 50.0 Å². The van der Waals surface area contributed by atoms with Crippen LogP contribution in [0.4, 0.5) is 11.4 Å². The molecule has 1 fully saturated rings. The molecule has 1 aliphatic heterocycles. The Hall–Kier alpha value is -3.04. The molecule has 9 nitrogen and oxygen atoms in total. The number of nitrogens with one attached hydrogen (secondary N) is 1. The van der Waals surface area contributed by atoms with Crippen LogP contribution in [0.3, 0.4) is 0 Å². The van der Waals surface area contributed by atoms with Crippen LogP contribution in [0.25, 0.3) is 10.9 Å². The highest BCUT2D eigenvalue weighted by atomic mass is 16.7. The minimum Gasteiger partial charge on any atom is -0.477 e. The first-order chi connectivity index (χ1) is 14.6. The number of hydrogen-bond donors (Lipinski definition) is 4. The molecule has 2 heterocycles. The first-order valence-electron chi connectivity index (χ1n) is 10.4. The lowest BCUT2D eigenvalue weighted by Crippen LogP contribution is -2.33. The van der Waals surface area contributed by atoms with Crippen molar-refractivity contribution in [3.05, 3.63) is 46.0 Å². The van der Waals surface area contributed by atoms with Gasteiger partial charge in [0, 0.05) is 48.8 Å².